The molecular weight excluding hydrogens is 230 g/mol. The van der Waals surface area contributed by atoms with Crippen molar-refractivity contribution in [1.82, 2.24) is 4.98 Å². The zero-order valence-corrected chi connectivity index (χ0v) is 9.96. The third-order valence-corrected chi connectivity index (χ3v) is 2.69. The Morgan fingerprint density at radius 1 is 1.39 bits per heavy atom. The second-order valence-corrected chi connectivity index (χ2v) is 3.96. The molecule has 0 aliphatic rings. The largest absolute Gasteiger partial charge is 0.381 e. The molecule has 0 aliphatic heterocycles. The molecule has 1 aromatic carbocycles. The molecule has 0 atom stereocenters. The number of nitrogens with one attached hydrogen (secondary N) is 1. The van der Waals surface area contributed by atoms with Gasteiger partial charge >= 0.3 is 0 Å². The van der Waals surface area contributed by atoms with Crippen LogP contribution in [0.25, 0.3) is 0 Å². The molecule has 0 saturated heterocycles. The molecule has 5 nitrogen and oxygen atoms in total. The Labute approximate surface area is 105 Å². The van der Waals surface area contributed by atoms with E-state index in [1.54, 1.807) is 24.5 Å². The lowest BCUT2D eigenvalue weighted by Gasteiger charge is -2.08. The molecule has 92 valence electrons. The fourth-order valence-corrected chi connectivity index (χ4v) is 1.61. The van der Waals surface area contributed by atoms with Crippen molar-refractivity contribution in [3.8, 4) is 0 Å². The van der Waals surface area contributed by atoms with Gasteiger partial charge in [0.2, 0.25) is 0 Å². The number of anilines is 1. The molecule has 1 N–H and O–H groups in total. The average molecular weight is 243 g/mol. The topological polar surface area (TPSA) is 68.1 Å². The molecule has 0 fully saturated rings. The van der Waals surface area contributed by atoms with Crippen LogP contribution in [0, 0.1) is 17.0 Å². The summed E-state index contributed by atoms with van der Waals surface area (Å²) >= 11 is 0. The molecule has 1 aromatic heterocycles. The van der Waals surface area contributed by atoms with Crippen LogP contribution in [-0.4, -0.2) is 9.91 Å². The number of aromatic nitrogens is 1. The van der Waals surface area contributed by atoms with Crippen molar-refractivity contribution in [3.63, 3.8) is 0 Å². The van der Waals surface area contributed by atoms with E-state index in [1.165, 1.54) is 12.1 Å². The standard InChI is InChI=1S/C13H13N3O2/c1-10-5-6-14-8-11(10)9-15-12-3-2-4-13(7-12)16(17)18/h2-8,15H,9H2,1H3. The third-order valence-electron chi connectivity index (χ3n) is 2.69. The van der Waals surface area contributed by atoms with Gasteiger partial charge in [-0.3, -0.25) is 15.1 Å². The number of hydrogen-bond acceptors (Lipinski definition) is 4. The van der Waals surface area contributed by atoms with Crippen LogP contribution < -0.4 is 5.32 Å². The normalized spacial score (nSPS) is 10.1. The summed E-state index contributed by atoms with van der Waals surface area (Å²) in [5, 5.41) is 13.8. The second kappa shape index (κ2) is 5.27. The molecule has 0 amide bonds. The third kappa shape index (κ3) is 2.82. The fourth-order valence-electron chi connectivity index (χ4n) is 1.61. The highest BCUT2D eigenvalue weighted by atomic mass is 16.6. The lowest BCUT2D eigenvalue weighted by molar-refractivity contribution is -0.384. The molecule has 0 unspecified atom stereocenters. The molecule has 0 aliphatic carbocycles. The van der Waals surface area contributed by atoms with Crippen LogP contribution in [0.5, 0.6) is 0 Å². The molecule has 1 heterocycles. The summed E-state index contributed by atoms with van der Waals surface area (Å²) in [5.41, 5.74) is 3.03. The van der Waals surface area contributed by atoms with Gasteiger partial charge in [0.15, 0.2) is 0 Å². The van der Waals surface area contributed by atoms with E-state index in [2.05, 4.69) is 10.3 Å². The minimum absolute atomic E-state index is 0.0860. The molecule has 5 heteroatoms. The van der Waals surface area contributed by atoms with Crippen molar-refractivity contribution < 1.29 is 4.92 Å². The number of non-ortho nitro benzene ring substituents is 1. The summed E-state index contributed by atoms with van der Waals surface area (Å²) in [7, 11) is 0. The van der Waals surface area contributed by atoms with Gasteiger partial charge in [-0.05, 0) is 30.2 Å². The number of hydrogen-bond donors (Lipinski definition) is 1. The summed E-state index contributed by atoms with van der Waals surface area (Å²) in [6.45, 7) is 2.60. The highest BCUT2D eigenvalue weighted by molar-refractivity contribution is 5.51. The van der Waals surface area contributed by atoms with Crippen LogP contribution in [0.3, 0.4) is 0 Å². The van der Waals surface area contributed by atoms with E-state index in [0.29, 0.717) is 6.54 Å². The van der Waals surface area contributed by atoms with Crippen LogP contribution >= 0.6 is 0 Å². The summed E-state index contributed by atoms with van der Waals surface area (Å²) < 4.78 is 0. The predicted molar refractivity (Wildman–Crippen MR) is 69.4 cm³/mol. The maximum Gasteiger partial charge on any atom is 0.271 e. The van der Waals surface area contributed by atoms with Crippen molar-refractivity contribution in [2.24, 2.45) is 0 Å². The SMILES string of the molecule is Cc1ccncc1CNc1cccc([N+](=O)[O-])c1. The van der Waals surface area contributed by atoms with Crippen LogP contribution in [0.1, 0.15) is 11.1 Å². The van der Waals surface area contributed by atoms with Gasteiger partial charge in [-0.25, -0.2) is 0 Å². The van der Waals surface area contributed by atoms with E-state index < -0.39 is 4.92 Å². The maximum atomic E-state index is 10.6. The molecule has 0 radical (unpaired) electrons. The van der Waals surface area contributed by atoms with Gasteiger partial charge in [0.1, 0.15) is 0 Å². The zero-order valence-electron chi connectivity index (χ0n) is 9.96. The minimum atomic E-state index is -0.402. The summed E-state index contributed by atoms with van der Waals surface area (Å²) in [4.78, 5) is 14.3. The van der Waals surface area contributed by atoms with E-state index >= 15 is 0 Å². The Hall–Kier alpha value is -2.43. The van der Waals surface area contributed by atoms with E-state index in [1.807, 2.05) is 13.0 Å². The number of pyridine rings is 1. The predicted octanol–water partition coefficient (Wildman–Crippen LogP) is 2.91. The van der Waals surface area contributed by atoms with Gasteiger partial charge in [-0.1, -0.05) is 6.07 Å². The maximum absolute atomic E-state index is 10.6. The van der Waals surface area contributed by atoms with E-state index in [0.717, 1.165) is 16.8 Å². The van der Waals surface area contributed by atoms with Crippen LogP contribution in [0.2, 0.25) is 0 Å². The van der Waals surface area contributed by atoms with Crippen molar-refractivity contribution in [1.29, 1.82) is 0 Å². The van der Waals surface area contributed by atoms with Crippen molar-refractivity contribution in [3.05, 3.63) is 64.0 Å². The van der Waals surface area contributed by atoms with Gasteiger partial charge in [-0.2, -0.15) is 0 Å². The first kappa shape index (κ1) is 12.0. The van der Waals surface area contributed by atoms with E-state index in [-0.39, 0.29) is 5.69 Å². The summed E-state index contributed by atoms with van der Waals surface area (Å²) in [6.07, 6.45) is 3.53. The number of nitrogens with zero attached hydrogens (tertiary/aromatic N) is 2. The molecule has 0 bridgehead atoms. The van der Waals surface area contributed by atoms with Crippen LogP contribution in [0.15, 0.2) is 42.7 Å². The quantitative estimate of drug-likeness (QED) is 0.662. The molecule has 0 spiro atoms. The number of aryl methyl sites for hydroxylation is 1. The Balaban J connectivity index is 2.09. The lowest BCUT2D eigenvalue weighted by Crippen LogP contribution is -2.02. The van der Waals surface area contributed by atoms with Crippen LogP contribution in [0.4, 0.5) is 11.4 Å². The number of nitro groups is 1. The van der Waals surface area contributed by atoms with Crippen molar-refractivity contribution >= 4 is 11.4 Å². The first-order valence-electron chi connectivity index (χ1n) is 5.54. The second-order valence-electron chi connectivity index (χ2n) is 3.96. The minimum Gasteiger partial charge on any atom is -0.381 e. The highest BCUT2D eigenvalue weighted by Gasteiger charge is 2.05. The van der Waals surface area contributed by atoms with Crippen LogP contribution in [-0.2, 0) is 6.54 Å². The fraction of sp³-hybridized carbons (Fsp3) is 0.154. The Morgan fingerprint density at radius 3 is 2.94 bits per heavy atom. The Morgan fingerprint density at radius 2 is 2.22 bits per heavy atom. The smallest absolute Gasteiger partial charge is 0.271 e. The van der Waals surface area contributed by atoms with Gasteiger partial charge < -0.3 is 5.32 Å². The number of nitro benzene ring substituents is 1. The first-order chi connectivity index (χ1) is 8.66. The number of benzene rings is 1. The van der Waals surface area contributed by atoms with Gasteiger partial charge in [0.25, 0.3) is 5.69 Å². The van der Waals surface area contributed by atoms with Crippen molar-refractivity contribution in [2.45, 2.75) is 13.5 Å². The van der Waals surface area contributed by atoms with Gasteiger partial charge in [0, 0.05) is 36.8 Å². The molecule has 2 rings (SSSR count). The summed E-state index contributed by atoms with van der Waals surface area (Å²) in [5.74, 6) is 0. The van der Waals surface area contributed by atoms with Crippen molar-refractivity contribution in [2.75, 3.05) is 5.32 Å². The molecule has 18 heavy (non-hydrogen) atoms. The highest BCUT2D eigenvalue weighted by Crippen LogP contribution is 2.18. The lowest BCUT2D eigenvalue weighted by atomic mass is 10.1. The first-order valence-corrected chi connectivity index (χ1v) is 5.54. The van der Waals surface area contributed by atoms with E-state index in [9.17, 15) is 10.1 Å². The van der Waals surface area contributed by atoms with Gasteiger partial charge in [-0.15, -0.1) is 0 Å². The molecule has 2 aromatic rings. The monoisotopic (exact) mass is 243 g/mol. The van der Waals surface area contributed by atoms with Gasteiger partial charge in [0.05, 0.1) is 4.92 Å². The Kier molecular flexibility index (Phi) is 3.52. The van der Waals surface area contributed by atoms with E-state index in [4.69, 9.17) is 0 Å². The Bertz CT molecular complexity index is 570. The zero-order chi connectivity index (χ0) is 13.0. The molecular formula is C13H13N3O2. The number of rotatable bonds is 4. The summed E-state index contributed by atoms with van der Waals surface area (Å²) in [6, 6.07) is 8.39. The molecule has 0 saturated carbocycles. The average Bonchev–Trinajstić information content (AvgIpc) is 2.38.